The second-order valence-corrected chi connectivity index (χ2v) is 7.37. The Morgan fingerprint density at radius 2 is 2.04 bits per heavy atom. The molecule has 1 saturated carbocycles. The molecule has 4 heterocycles. The van der Waals surface area contributed by atoms with Crippen molar-refractivity contribution in [1.82, 2.24) is 29.3 Å². The van der Waals surface area contributed by atoms with Gasteiger partial charge in [0.25, 0.3) is 5.91 Å². The Labute approximate surface area is 145 Å². The molecule has 1 aliphatic carbocycles. The molecule has 25 heavy (non-hydrogen) atoms. The summed E-state index contributed by atoms with van der Waals surface area (Å²) >= 11 is 0. The third kappa shape index (κ3) is 2.18. The molecule has 0 N–H and O–H groups in total. The van der Waals surface area contributed by atoms with Crippen LogP contribution in [0, 0.1) is 11.8 Å². The zero-order valence-electron chi connectivity index (χ0n) is 14.3. The fourth-order valence-electron chi connectivity index (χ4n) is 4.09. The van der Waals surface area contributed by atoms with Gasteiger partial charge in [-0.05, 0) is 37.8 Å². The quantitative estimate of drug-likeness (QED) is 0.733. The molecular formula is C18H20N6O. The van der Waals surface area contributed by atoms with Crippen LogP contribution in [0.3, 0.4) is 0 Å². The minimum absolute atomic E-state index is 0.0400. The van der Waals surface area contributed by atoms with Crippen molar-refractivity contribution in [1.29, 1.82) is 0 Å². The van der Waals surface area contributed by atoms with E-state index >= 15 is 0 Å². The topological polar surface area (TPSA) is 68.3 Å². The van der Waals surface area contributed by atoms with Crippen LogP contribution < -0.4 is 0 Å². The van der Waals surface area contributed by atoms with Crippen molar-refractivity contribution in [2.45, 2.75) is 25.8 Å². The van der Waals surface area contributed by atoms with E-state index in [9.17, 15) is 4.79 Å². The smallest absolute Gasteiger partial charge is 0.274 e. The molecule has 1 saturated heterocycles. The molecule has 2 unspecified atom stereocenters. The average molecular weight is 336 g/mol. The molecule has 2 atom stereocenters. The van der Waals surface area contributed by atoms with Crippen LogP contribution in [0.1, 0.15) is 42.0 Å². The van der Waals surface area contributed by atoms with Crippen molar-refractivity contribution in [3.8, 4) is 0 Å². The summed E-state index contributed by atoms with van der Waals surface area (Å²) in [7, 11) is 0. The van der Waals surface area contributed by atoms with E-state index in [1.807, 2.05) is 38.5 Å². The molecule has 3 aromatic heterocycles. The molecule has 7 nitrogen and oxygen atoms in total. The van der Waals surface area contributed by atoms with Crippen LogP contribution in [0.5, 0.6) is 0 Å². The van der Waals surface area contributed by atoms with Crippen molar-refractivity contribution >= 4 is 11.4 Å². The third-order valence-corrected chi connectivity index (χ3v) is 5.56. The first-order valence-corrected chi connectivity index (χ1v) is 8.76. The van der Waals surface area contributed by atoms with Gasteiger partial charge in [0.05, 0.1) is 17.5 Å². The minimum atomic E-state index is 0.0400. The lowest BCUT2D eigenvalue weighted by molar-refractivity contribution is 0.0767. The lowest BCUT2D eigenvalue weighted by Gasteiger charge is -2.18. The number of likely N-dealkylation sites (tertiary alicyclic amines) is 1. The second-order valence-electron chi connectivity index (χ2n) is 7.37. The van der Waals surface area contributed by atoms with Gasteiger partial charge in [0.1, 0.15) is 5.69 Å². The number of carbonyl (C=O) groups excluding carboxylic acids is 1. The highest BCUT2D eigenvalue weighted by Gasteiger charge is 2.59. The summed E-state index contributed by atoms with van der Waals surface area (Å²) in [4.78, 5) is 18.9. The van der Waals surface area contributed by atoms with Crippen molar-refractivity contribution in [3.63, 3.8) is 0 Å². The maximum absolute atomic E-state index is 12.7. The molecule has 2 fully saturated rings. The molecule has 0 radical (unpaired) electrons. The van der Waals surface area contributed by atoms with E-state index in [0.29, 0.717) is 29.5 Å². The van der Waals surface area contributed by atoms with Crippen LogP contribution in [-0.4, -0.2) is 48.3 Å². The molecule has 1 aliphatic heterocycles. The normalized spacial score (nSPS) is 24.9. The zero-order valence-corrected chi connectivity index (χ0v) is 14.3. The van der Waals surface area contributed by atoms with Crippen LogP contribution >= 0.6 is 0 Å². The number of hydrogen-bond acceptors (Lipinski definition) is 4. The number of aromatic nitrogens is 5. The summed E-state index contributed by atoms with van der Waals surface area (Å²) in [5.74, 6) is 1.46. The van der Waals surface area contributed by atoms with Crippen LogP contribution in [0.2, 0.25) is 0 Å². The number of fused-ring (bicyclic) bond motifs is 2. The number of rotatable bonds is 3. The van der Waals surface area contributed by atoms with Crippen molar-refractivity contribution < 1.29 is 4.79 Å². The Balaban J connectivity index is 1.31. The maximum atomic E-state index is 12.7. The highest BCUT2D eigenvalue weighted by atomic mass is 16.2. The van der Waals surface area contributed by atoms with Crippen LogP contribution in [-0.2, 0) is 0 Å². The fourth-order valence-corrected chi connectivity index (χ4v) is 4.09. The van der Waals surface area contributed by atoms with Gasteiger partial charge in [-0.3, -0.25) is 4.79 Å². The lowest BCUT2D eigenvalue weighted by Crippen LogP contribution is -2.31. The number of nitrogens with zero attached hydrogens (tertiary/aromatic N) is 6. The Morgan fingerprint density at radius 1 is 1.24 bits per heavy atom. The number of hydrogen-bond donors (Lipinski definition) is 0. The van der Waals surface area contributed by atoms with Gasteiger partial charge in [0.15, 0.2) is 0 Å². The van der Waals surface area contributed by atoms with Crippen molar-refractivity contribution in [2.75, 3.05) is 13.1 Å². The molecule has 2 aliphatic rings. The van der Waals surface area contributed by atoms with Crippen LogP contribution in [0.15, 0.2) is 36.9 Å². The predicted molar refractivity (Wildman–Crippen MR) is 91.2 cm³/mol. The van der Waals surface area contributed by atoms with Gasteiger partial charge in [0, 0.05) is 37.4 Å². The largest absolute Gasteiger partial charge is 0.337 e. The average Bonchev–Trinajstić information content (AvgIpc) is 3.11. The van der Waals surface area contributed by atoms with Gasteiger partial charge in [-0.2, -0.15) is 0 Å². The predicted octanol–water partition coefficient (Wildman–Crippen LogP) is 1.99. The monoisotopic (exact) mass is 336 g/mol. The molecule has 0 spiro atoms. The lowest BCUT2D eigenvalue weighted by atomic mass is 10.1. The number of pyridine rings is 1. The summed E-state index contributed by atoms with van der Waals surface area (Å²) in [6, 6.07) is 6.34. The zero-order chi connectivity index (χ0) is 17.1. The summed E-state index contributed by atoms with van der Waals surface area (Å²) in [6.07, 6.45) is 5.51. The van der Waals surface area contributed by atoms with E-state index in [4.69, 9.17) is 0 Å². The Hall–Kier alpha value is -2.70. The van der Waals surface area contributed by atoms with Gasteiger partial charge in [-0.1, -0.05) is 11.3 Å². The van der Waals surface area contributed by atoms with Crippen LogP contribution in [0.4, 0.5) is 0 Å². The molecule has 7 heteroatoms. The molecule has 0 bridgehead atoms. The van der Waals surface area contributed by atoms with E-state index < -0.39 is 0 Å². The number of piperidine rings is 1. The second kappa shape index (κ2) is 5.15. The Kier molecular flexibility index (Phi) is 3.01. The Morgan fingerprint density at radius 3 is 2.76 bits per heavy atom. The third-order valence-electron chi connectivity index (χ3n) is 5.56. The highest BCUT2D eigenvalue weighted by Crippen LogP contribution is 2.58. The summed E-state index contributed by atoms with van der Waals surface area (Å²) in [5, 5.41) is 8.59. The first-order valence-electron chi connectivity index (χ1n) is 8.76. The maximum Gasteiger partial charge on any atom is 0.274 e. The number of amides is 1. The molecule has 3 aromatic rings. The summed E-state index contributed by atoms with van der Waals surface area (Å²) < 4.78 is 3.79. The Bertz CT molecular complexity index is 945. The van der Waals surface area contributed by atoms with Gasteiger partial charge < -0.3 is 9.47 Å². The first kappa shape index (κ1) is 14.6. The van der Waals surface area contributed by atoms with Gasteiger partial charge in [-0.25, -0.2) is 9.50 Å². The summed E-state index contributed by atoms with van der Waals surface area (Å²) in [6.45, 7) is 5.73. The number of carbonyl (C=O) groups is 1. The van der Waals surface area contributed by atoms with Gasteiger partial charge in [0.2, 0.25) is 0 Å². The van der Waals surface area contributed by atoms with Crippen LogP contribution in [0.25, 0.3) is 5.52 Å². The van der Waals surface area contributed by atoms with E-state index in [0.717, 1.165) is 24.3 Å². The van der Waals surface area contributed by atoms with Gasteiger partial charge >= 0.3 is 0 Å². The molecule has 0 aromatic carbocycles. The highest BCUT2D eigenvalue weighted by molar-refractivity contribution is 5.92. The van der Waals surface area contributed by atoms with E-state index in [1.54, 1.807) is 6.33 Å². The summed E-state index contributed by atoms with van der Waals surface area (Å²) in [5.41, 5.74) is 2.70. The SMILES string of the molecule is CC(C)n1cnc(C(=O)N2CC3C(C2)C3c2nnn3ccccc23)c1. The standard InChI is InChI=1S/C18H20N6O/c1-11(2)23-9-14(19-10-23)18(25)22-7-12-13(8-22)16(12)17-15-5-3-4-6-24(15)21-20-17/h3-6,9-13,16H,7-8H2,1-2H3. The van der Waals surface area contributed by atoms with Crippen molar-refractivity contribution in [3.05, 3.63) is 48.3 Å². The number of imidazole rings is 1. The first-order chi connectivity index (χ1) is 12.1. The minimum Gasteiger partial charge on any atom is -0.337 e. The van der Waals surface area contributed by atoms with E-state index in [1.165, 1.54) is 0 Å². The molecule has 5 rings (SSSR count). The molecular weight excluding hydrogens is 316 g/mol. The van der Waals surface area contributed by atoms with Gasteiger partial charge in [-0.15, -0.1) is 5.10 Å². The van der Waals surface area contributed by atoms with E-state index in [2.05, 4.69) is 35.2 Å². The van der Waals surface area contributed by atoms with Crippen molar-refractivity contribution in [2.24, 2.45) is 11.8 Å². The molecule has 128 valence electrons. The molecule has 1 amide bonds. The fraction of sp³-hybridized carbons (Fsp3) is 0.444. The van der Waals surface area contributed by atoms with E-state index in [-0.39, 0.29) is 5.91 Å².